The number of benzene rings is 1. The van der Waals surface area contributed by atoms with E-state index in [9.17, 15) is 4.79 Å². The Morgan fingerprint density at radius 3 is 2.81 bits per heavy atom. The summed E-state index contributed by atoms with van der Waals surface area (Å²) in [5.41, 5.74) is 1.04. The van der Waals surface area contributed by atoms with Gasteiger partial charge in [0.2, 0.25) is 0 Å². The summed E-state index contributed by atoms with van der Waals surface area (Å²) in [6, 6.07) is 8.94. The molecule has 0 bridgehead atoms. The maximum absolute atomic E-state index is 12.3. The quantitative estimate of drug-likeness (QED) is 0.721. The van der Waals surface area contributed by atoms with Crippen molar-refractivity contribution in [1.82, 2.24) is 9.97 Å². The third kappa shape index (κ3) is 2.82. The van der Waals surface area contributed by atoms with Crippen LogP contribution in [0.3, 0.4) is 0 Å². The lowest BCUT2D eigenvalue weighted by molar-refractivity contribution is 0.102. The predicted molar refractivity (Wildman–Crippen MR) is 84.0 cm³/mol. The van der Waals surface area contributed by atoms with Crippen LogP contribution in [-0.4, -0.2) is 15.9 Å². The van der Waals surface area contributed by atoms with Gasteiger partial charge in [0.25, 0.3) is 5.91 Å². The minimum absolute atomic E-state index is 0.171. The summed E-state index contributed by atoms with van der Waals surface area (Å²) >= 11 is 11.6. The van der Waals surface area contributed by atoms with Gasteiger partial charge in [0.1, 0.15) is 5.15 Å². The molecule has 0 atom stereocenters. The first-order chi connectivity index (χ1) is 10.1. The average molecular weight is 318 g/mol. The summed E-state index contributed by atoms with van der Waals surface area (Å²) in [4.78, 5) is 20.2. The number of hydrogen-bond donors (Lipinski definition) is 1. The molecule has 0 aliphatic heterocycles. The zero-order valence-electron chi connectivity index (χ0n) is 10.7. The van der Waals surface area contributed by atoms with Gasteiger partial charge in [-0.1, -0.05) is 35.3 Å². The first-order valence-corrected chi connectivity index (χ1v) is 6.86. The Bertz CT molecular complexity index is 831. The highest BCUT2D eigenvalue weighted by Crippen LogP contribution is 2.24. The number of pyridine rings is 2. The lowest BCUT2D eigenvalue weighted by Crippen LogP contribution is -2.12. The van der Waals surface area contributed by atoms with Crippen molar-refractivity contribution in [2.24, 2.45) is 0 Å². The van der Waals surface area contributed by atoms with Crippen molar-refractivity contribution < 1.29 is 4.79 Å². The number of nitrogens with one attached hydrogen (secondary N) is 1. The number of rotatable bonds is 2. The van der Waals surface area contributed by atoms with Crippen molar-refractivity contribution in [3.05, 3.63) is 64.7 Å². The molecule has 21 heavy (non-hydrogen) atoms. The molecular formula is C15H9Cl2N3O. The molecule has 4 nitrogen and oxygen atoms in total. The smallest absolute Gasteiger partial charge is 0.257 e. The number of amides is 1. The van der Waals surface area contributed by atoms with E-state index in [0.717, 1.165) is 10.8 Å². The van der Waals surface area contributed by atoms with Crippen molar-refractivity contribution in [2.75, 3.05) is 5.32 Å². The summed E-state index contributed by atoms with van der Waals surface area (Å²) in [6.45, 7) is 0. The van der Waals surface area contributed by atoms with E-state index in [2.05, 4.69) is 15.3 Å². The van der Waals surface area contributed by atoms with Gasteiger partial charge in [0.15, 0.2) is 0 Å². The summed E-state index contributed by atoms with van der Waals surface area (Å²) < 4.78 is 0. The molecule has 2 heterocycles. The van der Waals surface area contributed by atoms with Crippen molar-refractivity contribution in [2.45, 2.75) is 0 Å². The molecule has 0 fully saturated rings. The van der Waals surface area contributed by atoms with Gasteiger partial charge in [0.05, 0.1) is 10.6 Å². The minimum Gasteiger partial charge on any atom is -0.321 e. The van der Waals surface area contributed by atoms with E-state index in [0.29, 0.717) is 11.3 Å². The van der Waals surface area contributed by atoms with Gasteiger partial charge in [-0.3, -0.25) is 9.78 Å². The second-order valence-corrected chi connectivity index (χ2v) is 5.12. The first-order valence-electron chi connectivity index (χ1n) is 6.10. The Morgan fingerprint density at radius 1 is 1.14 bits per heavy atom. The van der Waals surface area contributed by atoms with Crippen molar-refractivity contribution in [1.29, 1.82) is 0 Å². The number of halogens is 2. The van der Waals surface area contributed by atoms with E-state index in [4.69, 9.17) is 23.2 Å². The third-order valence-corrected chi connectivity index (χ3v) is 3.67. The zero-order chi connectivity index (χ0) is 14.8. The Kier molecular flexibility index (Phi) is 3.73. The van der Waals surface area contributed by atoms with Gasteiger partial charge in [0, 0.05) is 35.1 Å². The van der Waals surface area contributed by atoms with Crippen LogP contribution in [0.5, 0.6) is 0 Å². The SMILES string of the molecule is O=C(Nc1cccc2cnccc12)c1cnc(Cl)c(Cl)c1. The molecule has 1 amide bonds. The molecule has 0 aliphatic rings. The van der Waals surface area contributed by atoms with Crippen LogP contribution in [0.4, 0.5) is 5.69 Å². The topological polar surface area (TPSA) is 54.9 Å². The molecule has 3 aromatic rings. The lowest BCUT2D eigenvalue weighted by Gasteiger charge is -2.08. The summed E-state index contributed by atoms with van der Waals surface area (Å²) in [6.07, 6.45) is 4.81. The number of anilines is 1. The molecular weight excluding hydrogens is 309 g/mol. The molecule has 2 aromatic heterocycles. The Labute approximate surface area is 130 Å². The number of hydrogen-bond acceptors (Lipinski definition) is 3. The van der Waals surface area contributed by atoms with Gasteiger partial charge in [-0.2, -0.15) is 0 Å². The monoisotopic (exact) mass is 317 g/mol. The summed E-state index contributed by atoms with van der Waals surface area (Å²) in [7, 11) is 0. The Morgan fingerprint density at radius 2 is 2.00 bits per heavy atom. The van der Waals surface area contributed by atoms with E-state index >= 15 is 0 Å². The largest absolute Gasteiger partial charge is 0.321 e. The third-order valence-electron chi connectivity index (χ3n) is 2.99. The van der Waals surface area contributed by atoms with Crippen LogP contribution in [-0.2, 0) is 0 Å². The van der Waals surface area contributed by atoms with Gasteiger partial charge in [-0.05, 0) is 18.2 Å². The van der Waals surface area contributed by atoms with E-state index in [1.54, 1.807) is 12.4 Å². The maximum Gasteiger partial charge on any atom is 0.257 e. The Balaban J connectivity index is 1.94. The Hall–Kier alpha value is -2.17. The molecule has 1 N–H and O–H groups in total. The molecule has 0 saturated carbocycles. The number of fused-ring (bicyclic) bond motifs is 1. The average Bonchev–Trinajstić information content (AvgIpc) is 2.50. The van der Waals surface area contributed by atoms with Crippen LogP contribution in [0.25, 0.3) is 10.8 Å². The number of carbonyl (C=O) groups is 1. The van der Waals surface area contributed by atoms with E-state index in [-0.39, 0.29) is 16.1 Å². The lowest BCUT2D eigenvalue weighted by atomic mass is 10.1. The van der Waals surface area contributed by atoms with Crippen LogP contribution in [0, 0.1) is 0 Å². The highest BCUT2D eigenvalue weighted by atomic mass is 35.5. The molecule has 0 spiro atoms. The molecule has 0 radical (unpaired) electrons. The van der Waals surface area contributed by atoms with Crippen LogP contribution < -0.4 is 5.32 Å². The van der Waals surface area contributed by atoms with E-state index < -0.39 is 0 Å². The molecule has 6 heteroatoms. The van der Waals surface area contributed by atoms with Crippen molar-refractivity contribution >= 4 is 45.6 Å². The molecule has 0 unspecified atom stereocenters. The van der Waals surface area contributed by atoms with Gasteiger partial charge in [-0.15, -0.1) is 0 Å². The number of aromatic nitrogens is 2. The molecule has 104 valence electrons. The summed E-state index contributed by atoms with van der Waals surface area (Å²) in [5.74, 6) is -0.301. The fraction of sp³-hybridized carbons (Fsp3) is 0. The number of nitrogens with zero attached hydrogens (tertiary/aromatic N) is 2. The second kappa shape index (κ2) is 5.68. The highest BCUT2D eigenvalue weighted by Gasteiger charge is 2.11. The maximum atomic E-state index is 12.3. The molecule has 1 aromatic carbocycles. The fourth-order valence-electron chi connectivity index (χ4n) is 1.97. The molecule has 0 aliphatic carbocycles. The highest BCUT2D eigenvalue weighted by molar-refractivity contribution is 6.41. The normalized spacial score (nSPS) is 10.6. The second-order valence-electron chi connectivity index (χ2n) is 4.35. The number of carbonyl (C=O) groups excluding carboxylic acids is 1. The van der Waals surface area contributed by atoms with Gasteiger partial charge >= 0.3 is 0 Å². The van der Waals surface area contributed by atoms with Crippen LogP contribution >= 0.6 is 23.2 Å². The van der Waals surface area contributed by atoms with Crippen LogP contribution in [0.15, 0.2) is 48.9 Å². The van der Waals surface area contributed by atoms with Crippen molar-refractivity contribution in [3.8, 4) is 0 Å². The standard InChI is InChI=1S/C15H9Cl2N3O/c16-12-6-10(8-19-14(12)17)15(21)20-13-3-1-2-9-7-18-5-4-11(9)13/h1-8H,(H,20,21). The fourth-order valence-corrected chi connectivity index (χ4v) is 2.24. The van der Waals surface area contributed by atoms with Gasteiger partial charge in [-0.25, -0.2) is 4.98 Å². The van der Waals surface area contributed by atoms with E-state index in [1.165, 1.54) is 12.3 Å². The van der Waals surface area contributed by atoms with E-state index in [1.807, 2.05) is 24.3 Å². The van der Waals surface area contributed by atoms with Crippen LogP contribution in [0.2, 0.25) is 10.2 Å². The molecule has 0 saturated heterocycles. The summed E-state index contributed by atoms with van der Waals surface area (Å²) in [5, 5.41) is 5.11. The van der Waals surface area contributed by atoms with Crippen molar-refractivity contribution in [3.63, 3.8) is 0 Å². The van der Waals surface area contributed by atoms with Crippen LogP contribution in [0.1, 0.15) is 10.4 Å². The first kappa shape index (κ1) is 13.8. The van der Waals surface area contributed by atoms with Gasteiger partial charge < -0.3 is 5.32 Å². The molecule has 3 rings (SSSR count). The minimum atomic E-state index is -0.301. The predicted octanol–water partition coefficient (Wildman–Crippen LogP) is 4.19. The zero-order valence-corrected chi connectivity index (χ0v) is 12.2.